The molecule has 2 nitrogen and oxygen atoms in total. The van der Waals surface area contributed by atoms with Gasteiger partial charge in [-0.15, -0.1) is 0 Å². The molecule has 0 aliphatic rings. The molecule has 0 atom stereocenters. The highest BCUT2D eigenvalue weighted by Gasteiger charge is 1.97. The maximum Gasteiger partial charge on any atom is 0.0733 e. The Bertz CT molecular complexity index is 426. The third kappa shape index (κ3) is 1.24. The number of halogens is 1. The van der Waals surface area contributed by atoms with Gasteiger partial charge in [0.25, 0.3) is 0 Å². The van der Waals surface area contributed by atoms with Gasteiger partial charge >= 0.3 is 0 Å². The Labute approximate surface area is 83.9 Å². The maximum absolute atomic E-state index is 5.63. The van der Waals surface area contributed by atoms with E-state index in [1.807, 2.05) is 24.3 Å². The first-order valence-corrected chi connectivity index (χ1v) is 4.65. The zero-order valence-electron chi connectivity index (χ0n) is 6.29. The first-order chi connectivity index (χ1) is 5.77. The quantitative estimate of drug-likeness (QED) is 0.589. The van der Waals surface area contributed by atoms with Crippen molar-refractivity contribution in [1.29, 1.82) is 0 Å². The third-order valence-corrected chi connectivity index (χ3v) is 2.65. The largest absolute Gasteiger partial charge is 0.399 e. The van der Waals surface area contributed by atoms with Crippen LogP contribution in [-0.4, -0.2) is 4.98 Å². The molecule has 0 aliphatic carbocycles. The standard InChI is InChI=1S/C9H7IN2/c10-8-3-4-12-9-5-6(11)1-2-7(8)9/h1-5H,11H2. The number of nitrogens with zero attached hydrogens (tertiary/aromatic N) is 1. The predicted molar refractivity (Wildman–Crippen MR) is 58.9 cm³/mol. The minimum absolute atomic E-state index is 0.761. The van der Waals surface area contributed by atoms with Gasteiger partial charge in [-0.2, -0.15) is 0 Å². The highest BCUT2D eigenvalue weighted by Crippen LogP contribution is 2.20. The van der Waals surface area contributed by atoms with Crippen LogP contribution in [0, 0.1) is 3.57 Å². The molecular weight excluding hydrogens is 263 g/mol. The molecular formula is C9H7IN2. The van der Waals surface area contributed by atoms with Crippen LogP contribution in [0.1, 0.15) is 0 Å². The van der Waals surface area contributed by atoms with Gasteiger partial charge in [-0.05, 0) is 46.9 Å². The van der Waals surface area contributed by atoms with E-state index >= 15 is 0 Å². The van der Waals surface area contributed by atoms with Crippen LogP contribution in [-0.2, 0) is 0 Å². The van der Waals surface area contributed by atoms with Crippen LogP contribution in [0.25, 0.3) is 10.9 Å². The second kappa shape index (κ2) is 2.90. The van der Waals surface area contributed by atoms with Crippen molar-refractivity contribution in [3.05, 3.63) is 34.0 Å². The summed E-state index contributed by atoms with van der Waals surface area (Å²) < 4.78 is 1.21. The monoisotopic (exact) mass is 270 g/mol. The minimum Gasteiger partial charge on any atom is -0.399 e. The molecule has 2 N–H and O–H groups in total. The van der Waals surface area contributed by atoms with Crippen LogP contribution >= 0.6 is 22.6 Å². The van der Waals surface area contributed by atoms with Crippen molar-refractivity contribution >= 4 is 39.2 Å². The van der Waals surface area contributed by atoms with Gasteiger partial charge in [-0.3, -0.25) is 4.98 Å². The fraction of sp³-hybridized carbons (Fsp3) is 0. The summed E-state index contributed by atoms with van der Waals surface area (Å²) in [4.78, 5) is 4.22. The molecule has 0 unspecified atom stereocenters. The van der Waals surface area contributed by atoms with Crippen LogP contribution in [0.5, 0.6) is 0 Å². The number of nitrogen functional groups attached to an aromatic ring is 1. The molecule has 0 amide bonds. The van der Waals surface area contributed by atoms with Gasteiger partial charge in [0.05, 0.1) is 5.52 Å². The number of nitrogens with two attached hydrogens (primary N) is 1. The van der Waals surface area contributed by atoms with Crippen molar-refractivity contribution in [3.8, 4) is 0 Å². The second-order valence-corrected chi connectivity index (χ2v) is 3.73. The molecule has 0 aliphatic heterocycles. The molecule has 12 heavy (non-hydrogen) atoms. The number of benzene rings is 1. The maximum atomic E-state index is 5.63. The smallest absolute Gasteiger partial charge is 0.0733 e. The van der Waals surface area contributed by atoms with Gasteiger partial charge in [0, 0.05) is 20.8 Å². The van der Waals surface area contributed by atoms with Crippen molar-refractivity contribution in [2.75, 3.05) is 5.73 Å². The van der Waals surface area contributed by atoms with Gasteiger partial charge in [-0.1, -0.05) is 0 Å². The number of anilines is 1. The highest BCUT2D eigenvalue weighted by atomic mass is 127. The second-order valence-electron chi connectivity index (χ2n) is 2.57. The molecule has 0 radical (unpaired) electrons. The summed E-state index contributed by atoms with van der Waals surface area (Å²) in [5.74, 6) is 0. The average Bonchev–Trinajstić information content (AvgIpc) is 2.04. The van der Waals surface area contributed by atoms with Crippen molar-refractivity contribution in [2.45, 2.75) is 0 Å². The highest BCUT2D eigenvalue weighted by molar-refractivity contribution is 14.1. The Kier molecular flexibility index (Phi) is 1.88. The SMILES string of the molecule is Nc1ccc2c(I)ccnc2c1. The van der Waals surface area contributed by atoms with Crippen LogP contribution in [0.2, 0.25) is 0 Å². The van der Waals surface area contributed by atoms with Crippen molar-refractivity contribution in [2.24, 2.45) is 0 Å². The lowest BCUT2D eigenvalue weighted by molar-refractivity contribution is 1.40. The third-order valence-electron chi connectivity index (χ3n) is 1.71. The molecule has 0 fully saturated rings. The first-order valence-electron chi connectivity index (χ1n) is 3.57. The molecule has 60 valence electrons. The minimum atomic E-state index is 0.761. The zero-order valence-corrected chi connectivity index (χ0v) is 8.45. The lowest BCUT2D eigenvalue weighted by atomic mass is 10.2. The summed E-state index contributed by atoms with van der Waals surface area (Å²) in [7, 11) is 0. The lowest BCUT2D eigenvalue weighted by Crippen LogP contribution is -1.86. The normalized spacial score (nSPS) is 10.4. The summed E-state index contributed by atoms with van der Waals surface area (Å²) in [5.41, 5.74) is 7.35. The van der Waals surface area contributed by atoms with Crippen molar-refractivity contribution in [1.82, 2.24) is 4.98 Å². The molecule has 0 saturated carbocycles. The number of rotatable bonds is 0. The predicted octanol–water partition coefficient (Wildman–Crippen LogP) is 2.42. The van der Waals surface area contributed by atoms with E-state index in [1.54, 1.807) is 6.20 Å². The van der Waals surface area contributed by atoms with Crippen LogP contribution < -0.4 is 5.73 Å². The van der Waals surface area contributed by atoms with Gasteiger partial charge in [0.1, 0.15) is 0 Å². The van der Waals surface area contributed by atoms with E-state index in [4.69, 9.17) is 5.73 Å². The van der Waals surface area contributed by atoms with Crippen LogP contribution in [0.3, 0.4) is 0 Å². The molecule has 0 bridgehead atoms. The molecule has 1 heterocycles. The van der Waals surface area contributed by atoms with Crippen molar-refractivity contribution < 1.29 is 0 Å². The molecule has 1 aromatic heterocycles. The summed E-state index contributed by atoms with van der Waals surface area (Å²) in [6.45, 7) is 0. The summed E-state index contributed by atoms with van der Waals surface area (Å²) >= 11 is 2.29. The molecule has 2 rings (SSSR count). The number of aromatic nitrogens is 1. The summed E-state index contributed by atoms with van der Waals surface area (Å²) in [6, 6.07) is 7.77. The number of hydrogen-bond donors (Lipinski definition) is 1. The van der Waals surface area contributed by atoms with E-state index in [1.165, 1.54) is 3.57 Å². The van der Waals surface area contributed by atoms with Crippen molar-refractivity contribution in [3.63, 3.8) is 0 Å². The Morgan fingerprint density at radius 2 is 2.08 bits per heavy atom. The van der Waals surface area contributed by atoms with Crippen LogP contribution in [0.15, 0.2) is 30.5 Å². The van der Waals surface area contributed by atoms with Gasteiger partial charge < -0.3 is 5.73 Å². The summed E-state index contributed by atoms with van der Waals surface area (Å²) in [5, 5.41) is 1.16. The van der Waals surface area contributed by atoms with Gasteiger partial charge in [-0.25, -0.2) is 0 Å². The molecule has 0 spiro atoms. The Balaban J connectivity index is 2.86. The number of pyridine rings is 1. The molecule has 3 heteroatoms. The van der Waals surface area contributed by atoms with Gasteiger partial charge in [0.15, 0.2) is 0 Å². The number of fused-ring (bicyclic) bond motifs is 1. The van der Waals surface area contributed by atoms with Crippen LogP contribution in [0.4, 0.5) is 5.69 Å². The van der Waals surface area contributed by atoms with Gasteiger partial charge in [0.2, 0.25) is 0 Å². The Morgan fingerprint density at radius 1 is 1.25 bits per heavy atom. The fourth-order valence-corrected chi connectivity index (χ4v) is 1.75. The van der Waals surface area contributed by atoms with E-state index in [0.717, 1.165) is 16.6 Å². The zero-order chi connectivity index (χ0) is 8.55. The summed E-state index contributed by atoms with van der Waals surface area (Å²) in [6.07, 6.45) is 1.80. The van der Waals surface area contributed by atoms with E-state index in [-0.39, 0.29) is 0 Å². The molecule has 1 aromatic carbocycles. The first kappa shape index (κ1) is 7.79. The van der Waals surface area contributed by atoms with E-state index < -0.39 is 0 Å². The molecule has 0 saturated heterocycles. The number of hydrogen-bond acceptors (Lipinski definition) is 2. The van der Waals surface area contributed by atoms with E-state index in [0.29, 0.717) is 0 Å². The Hall–Kier alpha value is -0.840. The van der Waals surface area contributed by atoms with E-state index in [2.05, 4.69) is 27.6 Å². The topological polar surface area (TPSA) is 38.9 Å². The average molecular weight is 270 g/mol. The Morgan fingerprint density at radius 3 is 2.92 bits per heavy atom. The molecule has 2 aromatic rings. The van der Waals surface area contributed by atoms with E-state index in [9.17, 15) is 0 Å². The fourth-order valence-electron chi connectivity index (χ4n) is 1.13. The lowest BCUT2D eigenvalue weighted by Gasteiger charge is -1.99.